The number of benzene rings is 6. The van der Waals surface area contributed by atoms with Gasteiger partial charge in [-0.1, -0.05) is 169 Å². The van der Waals surface area contributed by atoms with Crippen LogP contribution in [-0.2, 0) is 12.8 Å². The molecule has 2 aromatic heterocycles. The molecule has 0 aliphatic heterocycles. The highest BCUT2D eigenvalue weighted by Gasteiger charge is 2.19. The molecule has 0 bridgehead atoms. The van der Waals surface area contributed by atoms with Crippen LogP contribution >= 0.6 is 22.7 Å². The van der Waals surface area contributed by atoms with Crippen LogP contribution < -0.4 is 0 Å². The van der Waals surface area contributed by atoms with E-state index in [1.807, 2.05) is 22.7 Å². The van der Waals surface area contributed by atoms with Crippen LogP contribution in [0.2, 0.25) is 0 Å². The first-order valence-electron chi connectivity index (χ1n) is 19.8. The topological polar surface area (TPSA) is 0 Å². The SMILES string of the molecule is CCCCCCCCCCCCc1c2ccccc2c(-c2ccc(-c3ccc(-c4c5ccccc5c(CC)c5ccccc45)s3)s2)c2ccccc12. The second-order valence-corrected chi connectivity index (χ2v) is 16.7. The standard InChI is InChI=1S/C50H50S2/c1-3-5-6-7-8-9-10-11-12-13-22-38-39-25-16-20-29-43(39)50(44-30-21-17-26-40(38)44)48-34-32-46(52-48)45-31-33-47(51-45)49-41-27-18-14-23-36(41)35(4-2)37-24-15-19-28-42(37)49/h14-21,23-34H,3-13,22H2,1-2H3. The Morgan fingerprint density at radius 3 is 1.04 bits per heavy atom. The first-order chi connectivity index (χ1) is 25.8. The van der Waals surface area contributed by atoms with Gasteiger partial charge < -0.3 is 0 Å². The Bertz CT molecular complexity index is 2340. The van der Waals surface area contributed by atoms with Crippen LogP contribution in [0, 0.1) is 0 Å². The third-order valence-corrected chi connectivity index (χ3v) is 13.6. The van der Waals surface area contributed by atoms with Crippen molar-refractivity contribution in [2.24, 2.45) is 0 Å². The Kier molecular flexibility index (Phi) is 10.8. The lowest BCUT2D eigenvalue weighted by Crippen LogP contribution is -1.94. The van der Waals surface area contributed by atoms with E-state index in [1.54, 1.807) is 0 Å². The molecule has 0 radical (unpaired) electrons. The number of rotatable bonds is 15. The van der Waals surface area contributed by atoms with Crippen LogP contribution in [0.3, 0.4) is 0 Å². The van der Waals surface area contributed by atoms with E-state index in [0.717, 1.165) is 12.8 Å². The van der Waals surface area contributed by atoms with Gasteiger partial charge in [-0.2, -0.15) is 0 Å². The van der Waals surface area contributed by atoms with Crippen LogP contribution in [0.5, 0.6) is 0 Å². The molecule has 262 valence electrons. The third-order valence-electron chi connectivity index (χ3n) is 11.2. The molecule has 0 unspecified atom stereocenters. The second kappa shape index (κ2) is 16.2. The Morgan fingerprint density at radius 1 is 0.327 bits per heavy atom. The molecule has 8 aromatic rings. The third kappa shape index (κ3) is 6.84. The van der Waals surface area contributed by atoms with E-state index in [2.05, 4.69) is 135 Å². The fourth-order valence-electron chi connectivity index (χ4n) is 8.62. The number of unbranched alkanes of at least 4 members (excludes halogenated alkanes) is 9. The molecular weight excluding hydrogens is 665 g/mol. The van der Waals surface area contributed by atoms with Crippen LogP contribution in [0.25, 0.3) is 73.7 Å². The van der Waals surface area contributed by atoms with E-state index >= 15 is 0 Å². The van der Waals surface area contributed by atoms with Gasteiger partial charge in [0.25, 0.3) is 0 Å². The summed E-state index contributed by atoms with van der Waals surface area (Å²) in [6, 6.07) is 45.8. The average molecular weight is 715 g/mol. The van der Waals surface area contributed by atoms with Crippen molar-refractivity contribution < 1.29 is 0 Å². The zero-order chi connectivity index (χ0) is 35.3. The summed E-state index contributed by atoms with van der Waals surface area (Å²) in [5.41, 5.74) is 5.73. The molecule has 0 nitrogen and oxygen atoms in total. The molecule has 0 saturated carbocycles. The van der Waals surface area contributed by atoms with Gasteiger partial charge in [0.05, 0.1) is 0 Å². The maximum Gasteiger partial charge on any atom is 0.0449 e. The van der Waals surface area contributed by atoms with Crippen molar-refractivity contribution in [3.63, 3.8) is 0 Å². The summed E-state index contributed by atoms with van der Waals surface area (Å²) >= 11 is 3.87. The lowest BCUT2D eigenvalue weighted by Gasteiger charge is -2.16. The minimum atomic E-state index is 1.03. The number of fused-ring (bicyclic) bond motifs is 4. The molecule has 0 fully saturated rings. The summed E-state index contributed by atoms with van der Waals surface area (Å²) in [4.78, 5) is 5.37. The Hall–Kier alpha value is -4.24. The van der Waals surface area contributed by atoms with E-state index in [0.29, 0.717) is 0 Å². The molecule has 8 rings (SSSR count). The molecule has 0 aliphatic rings. The van der Waals surface area contributed by atoms with Gasteiger partial charge in [-0.15, -0.1) is 22.7 Å². The zero-order valence-electron chi connectivity index (χ0n) is 30.8. The quantitative estimate of drug-likeness (QED) is 0.0732. The van der Waals surface area contributed by atoms with Crippen LogP contribution in [0.15, 0.2) is 121 Å². The van der Waals surface area contributed by atoms with E-state index in [1.165, 1.54) is 149 Å². The van der Waals surface area contributed by atoms with E-state index in [9.17, 15) is 0 Å². The normalized spacial score (nSPS) is 11.8. The average Bonchev–Trinajstić information content (AvgIpc) is 3.88. The van der Waals surface area contributed by atoms with E-state index < -0.39 is 0 Å². The summed E-state index contributed by atoms with van der Waals surface area (Å²) in [5.74, 6) is 0. The Balaban J connectivity index is 1.10. The van der Waals surface area contributed by atoms with Crippen molar-refractivity contribution in [3.8, 4) is 30.6 Å². The van der Waals surface area contributed by atoms with Crippen molar-refractivity contribution in [1.29, 1.82) is 0 Å². The lowest BCUT2D eigenvalue weighted by atomic mass is 9.88. The fourth-order valence-corrected chi connectivity index (χ4v) is 10.9. The predicted molar refractivity (Wildman–Crippen MR) is 233 cm³/mol. The monoisotopic (exact) mass is 714 g/mol. The van der Waals surface area contributed by atoms with Gasteiger partial charge in [0.2, 0.25) is 0 Å². The molecule has 0 saturated heterocycles. The molecule has 0 atom stereocenters. The number of thiophene rings is 2. The highest BCUT2D eigenvalue weighted by atomic mass is 32.1. The summed E-state index contributed by atoms with van der Waals surface area (Å²) in [7, 11) is 0. The van der Waals surface area contributed by atoms with Crippen LogP contribution in [-0.4, -0.2) is 0 Å². The first kappa shape index (κ1) is 34.8. The number of hydrogen-bond donors (Lipinski definition) is 0. The minimum absolute atomic E-state index is 1.03. The molecule has 0 spiro atoms. The van der Waals surface area contributed by atoms with Gasteiger partial charge >= 0.3 is 0 Å². The molecule has 2 heteroatoms. The van der Waals surface area contributed by atoms with Gasteiger partial charge in [-0.05, 0) is 97.7 Å². The summed E-state index contributed by atoms with van der Waals surface area (Å²) in [6.07, 6.45) is 15.9. The van der Waals surface area contributed by atoms with Crippen molar-refractivity contribution in [2.75, 3.05) is 0 Å². The maximum absolute atomic E-state index is 2.37. The highest BCUT2D eigenvalue weighted by Crippen LogP contribution is 2.48. The molecule has 0 N–H and O–H groups in total. The largest absolute Gasteiger partial charge is 0.134 e. The predicted octanol–water partition coefficient (Wildman–Crippen LogP) is 16.4. The minimum Gasteiger partial charge on any atom is -0.134 e. The molecule has 6 aromatic carbocycles. The molecule has 2 heterocycles. The van der Waals surface area contributed by atoms with Gasteiger partial charge in [-0.3, -0.25) is 0 Å². The lowest BCUT2D eigenvalue weighted by molar-refractivity contribution is 0.557. The molecule has 0 aliphatic carbocycles. The summed E-state index contributed by atoms with van der Waals surface area (Å²) in [6.45, 7) is 4.58. The molecule has 0 amide bonds. The maximum atomic E-state index is 2.37. The van der Waals surface area contributed by atoms with Gasteiger partial charge in [-0.25, -0.2) is 0 Å². The summed E-state index contributed by atoms with van der Waals surface area (Å²) in [5, 5.41) is 11.1. The van der Waals surface area contributed by atoms with Crippen molar-refractivity contribution in [3.05, 3.63) is 132 Å². The Morgan fingerprint density at radius 2 is 0.654 bits per heavy atom. The van der Waals surface area contributed by atoms with Crippen molar-refractivity contribution >= 4 is 65.8 Å². The smallest absolute Gasteiger partial charge is 0.0449 e. The Labute approximate surface area is 318 Å². The molecule has 52 heavy (non-hydrogen) atoms. The zero-order valence-corrected chi connectivity index (χ0v) is 32.5. The van der Waals surface area contributed by atoms with Crippen molar-refractivity contribution in [1.82, 2.24) is 0 Å². The fraction of sp³-hybridized carbons (Fsp3) is 0.280. The van der Waals surface area contributed by atoms with E-state index in [-0.39, 0.29) is 0 Å². The molecular formula is C50H50S2. The van der Waals surface area contributed by atoms with Gasteiger partial charge in [0, 0.05) is 30.6 Å². The first-order valence-corrected chi connectivity index (χ1v) is 21.5. The van der Waals surface area contributed by atoms with Crippen molar-refractivity contribution in [2.45, 2.75) is 90.9 Å². The number of hydrogen-bond acceptors (Lipinski definition) is 2. The highest BCUT2D eigenvalue weighted by molar-refractivity contribution is 7.25. The second-order valence-electron chi connectivity index (χ2n) is 14.5. The summed E-state index contributed by atoms with van der Waals surface area (Å²) < 4.78 is 0. The van der Waals surface area contributed by atoms with Crippen LogP contribution in [0.1, 0.15) is 89.2 Å². The number of aryl methyl sites for hydroxylation is 2. The van der Waals surface area contributed by atoms with Gasteiger partial charge in [0.1, 0.15) is 0 Å². The van der Waals surface area contributed by atoms with E-state index in [4.69, 9.17) is 0 Å². The van der Waals surface area contributed by atoms with Gasteiger partial charge in [0.15, 0.2) is 0 Å². The van der Waals surface area contributed by atoms with Crippen LogP contribution in [0.4, 0.5) is 0 Å².